The average molecular weight is 922 g/mol. The SMILES string of the molecule is Cc1ncsc1-c1ccc(CNC(=O)[C@@H]2C[C@@H](O)CN2C(=O)C(NC(=O)CCCCCCCCOc2cc(C(=O)Nc3c(Cl)cncc3Cl)ccc2OCC2CC2)C(C)(C)C)cc1. The van der Waals surface area contributed by atoms with Crippen LogP contribution in [-0.2, 0) is 20.9 Å². The van der Waals surface area contributed by atoms with Crippen LogP contribution in [0, 0.1) is 18.3 Å². The number of rotatable bonds is 21. The van der Waals surface area contributed by atoms with E-state index in [1.54, 1.807) is 29.5 Å². The second kappa shape index (κ2) is 22.2. The third-order valence-electron chi connectivity index (χ3n) is 11.2. The fourth-order valence-electron chi connectivity index (χ4n) is 7.38. The molecule has 63 heavy (non-hydrogen) atoms. The third kappa shape index (κ3) is 13.6. The van der Waals surface area contributed by atoms with Crippen molar-refractivity contribution in [3.05, 3.63) is 87.2 Å². The summed E-state index contributed by atoms with van der Waals surface area (Å²) in [4.78, 5) is 64.5. The summed E-state index contributed by atoms with van der Waals surface area (Å²) < 4.78 is 12.2. The Morgan fingerprint density at radius 2 is 1.63 bits per heavy atom. The summed E-state index contributed by atoms with van der Waals surface area (Å²) in [5, 5.41) is 19.7. The molecule has 2 aromatic heterocycles. The lowest BCUT2D eigenvalue weighted by atomic mass is 9.85. The molecule has 16 heteroatoms. The van der Waals surface area contributed by atoms with Crippen LogP contribution in [0.2, 0.25) is 10.0 Å². The highest BCUT2D eigenvalue weighted by molar-refractivity contribution is 7.13. The number of unbranched alkanes of at least 4 members (excludes halogenated alkanes) is 5. The van der Waals surface area contributed by atoms with Gasteiger partial charge in [0.25, 0.3) is 5.91 Å². The molecule has 1 saturated carbocycles. The van der Waals surface area contributed by atoms with E-state index in [0.29, 0.717) is 42.6 Å². The van der Waals surface area contributed by atoms with Crippen LogP contribution in [0.15, 0.2) is 60.4 Å². The minimum Gasteiger partial charge on any atom is -0.490 e. The molecule has 6 rings (SSSR count). The van der Waals surface area contributed by atoms with Crippen molar-refractivity contribution in [1.82, 2.24) is 25.5 Å². The van der Waals surface area contributed by atoms with Crippen molar-refractivity contribution < 1.29 is 33.8 Å². The summed E-state index contributed by atoms with van der Waals surface area (Å²) in [6, 6.07) is 11.3. The van der Waals surface area contributed by atoms with Crippen molar-refractivity contribution in [2.45, 2.75) is 117 Å². The molecule has 1 aliphatic heterocycles. The van der Waals surface area contributed by atoms with Crippen molar-refractivity contribution in [3.8, 4) is 21.9 Å². The number of carbonyl (C=O) groups is 4. The zero-order valence-corrected chi connectivity index (χ0v) is 38.7. The lowest BCUT2D eigenvalue weighted by Crippen LogP contribution is -2.57. The van der Waals surface area contributed by atoms with E-state index in [0.717, 1.165) is 66.6 Å². The summed E-state index contributed by atoms with van der Waals surface area (Å²) >= 11 is 14.0. The topological polar surface area (TPSA) is 172 Å². The molecule has 0 spiro atoms. The molecule has 338 valence electrons. The van der Waals surface area contributed by atoms with Crippen molar-refractivity contribution in [2.75, 3.05) is 25.1 Å². The Morgan fingerprint density at radius 3 is 2.30 bits per heavy atom. The number of ether oxygens (including phenoxy) is 2. The first-order valence-corrected chi connectivity index (χ1v) is 23.4. The number of halogens is 2. The number of carbonyl (C=O) groups excluding carboxylic acids is 4. The molecule has 0 radical (unpaired) electrons. The summed E-state index contributed by atoms with van der Waals surface area (Å²) in [6.45, 7) is 8.94. The number of aromatic nitrogens is 2. The zero-order chi connectivity index (χ0) is 45.1. The molecule has 4 N–H and O–H groups in total. The van der Waals surface area contributed by atoms with E-state index in [9.17, 15) is 24.3 Å². The monoisotopic (exact) mass is 920 g/mol. The van der Waals surface area contributed by atoms with Gasteiger partial charge in [0.2, 0.25) is 17.7 Å². The first kappa shape index (κ1) is 47.7. The van der Waals surface area contributed by atoms with Gasteiger partial charge in [-0.3, -0.25) is 24.2 Å². The summed E-state index contributed by atoms with van der Waals surface area (Å²) in [5.41, 5.74) is 4.77. The molecule has 13 nitrogen and oxygen atoms in total. The number of nitrogens with one attached hydrogen (secondary N) is 3. The Hall–Kier alpha value is -4.76. The van der Waals surface area contributed by atoms with E-state index in [2.05, 4.69) is 25.9 Å². The molecule has 4 aromatic rings. The number of aliphatic hydroxyl groups excluding tert-OH is 1. The number of thiazole rings is 1. The van der Waals surface area contributed by atoms with Gasteiger partial charge in [0.05, 0.1) is 51.1 Å². The fraction of sp³-hybridized carbons (Fsp3) is 0.489. The van der Waals surface area contributed by atoms with Gasteiger partial charge in [-0.1, -0.05) is 93.9 Å². The number of likely N-dealkylation sites (tertiary alicyclic amines) is 1. The number of aryl methyl sites for hydroxylation is 1. The molecular formula is C47H58Cl2N6O7S. The van der Waals surface area contributed by atoms with Gasteiger partial charge < -0.3 is 35.4 Å². The van der Waals surface area contributed by atoms with Crippen LogP contribution in [0.1, 0.15) is 107 Å². The molecule has 4 amide bonds. The molecular weight excluding hydrogens is 864 g/mol. The number of β-amino-alcohol motifs (C(OH)–C–C–N with tert-alkyl or cyclic N) is 1. The van der Waals surface area contributed by atoms with Gasteiger partial charge in [-0.2, -0.15) is 0 Å². The largest absolute Gasteiger partial charge is 0.490 e. The predicted octanol–water partition coefficient (Wildman–Crippen LogP) is 8.78. The molecule has 0 bridgehead atoms. The van der Waals surface area contributed by atoms with Gasteiger partial charge in [-0.25, -0.2) is 4.98 Å². The Morgan fingerprint density at radius 1 is 0.937 bits per heavy atom. The van der Waals surface area contributed by atoms with Gasteiger partial charge in [0, 0.05) is 43.9 Å². The minimum absolute atomic E-state index is 0.0185. The second-order valence-corrected chi connectivity index (χ2v) is 19.2. The van der Waals surface area contributed by atoms with Gasteiger partial charge in [0.1, 0.15) is 12.1 Å². The summed E-state index contributed by atoms with van der Waals surface area (Å²) in [7, 11) is 0. The van der Waals surface area contributed by atoms with Crippen molar-refractivity contribution in [3.63, 3.8) is 0 Å². The third-order valence-corrected chi connectivity index (χ3v) is 12.8. The van der Waals surface area contributed by atoms with Crippen LogP contribution in [0.4, 0.5) is 5.69 Å². The smallest absolute Gasteiger partial charge is 0.255 e. The molecule has 2 aromatic carbocycles. The number of amides is 4. The zero-order valence-electron chi connectivity index (χ0n) is 36.4. The number of nitrogens with zero attached hydrogens (tertiary/aromatic N) is 3. The van der Waals surface area contributed by atoms with E-state index >= 15 is 0 Å². The van der Waals surface area contributed by atoms with E-state index < -0.39 is 29.5 Å². The second-order valence-electron chi connectivity index (χ2n) is 17.5. The van der Waals surface area contributed by atoms with Crippen molar-refractivity contribution in [1.29, 1.82) is 0 Å². The summed E-state index contributed by atoms with van der Waals surface area (Å²) in [6.07, 6.45) is 9.76. The Bertz CT molecular complexity index is 2190. The average Bonchev–Trinajstić information content (AvgIpc) is 3.85. The lowest BCUT2D eigenvalue weighted by molar-refractivity contribution is -0.144. The van der Waals surface area contributed by atoms with Crippen LogP contribution < -0.4 is 25.4 Å². The van der Waals surface area contributed by atoms with Crippen LogP contribution in [-0.4, -0.2) is 81.5 Å². The molecule has 1 aliphatic carbocycles. The van der Waals surface area contributed by atoms with Crippen molar-refractivity contribution >= 4 is 63.9 Å². The van der Waals surface area contributed by atoms with E-state index in [1.165, 1.54) is 17.3 Å². The lowest BCUT2D eigenvalue weighted by Gasteiger charge is -2.35. The van der Waals surface area contributed by atoms with E-state index in [1.807, 2.05) is 57.5 Å². The first-order valence-electron chi connectivity index (χ1n) is 21.7. The molecule has 1 saturated heterocycles. The standard InChI is InChI=1S/C47H58Cl2N6O7S/c1-29-42(63-28-52-29)32-16-14-30(15-17-32)23-51-45(59)37-22-34(56)26-55(37)46(60)43(47(2,3)4)53-40(57)11-9-7-5-6-8-10-20-61-39-21-33(18-19-38(39)62-27-31-12-13-31)44(58)54-41-35(48)24-50-25-36(41)49/h14-19,21,24-25,28,31,34,37,43,56H,5-13,20,22-23,26-27H2,1-4H3,(H,51,59)(H,53,57)(H,50,54,58)/t34-,37+,43?/m1/s1. The number of hydrogen-bond acceptors (Lipinski definition) is 10. The number of hydrogen-bond donors (Lipinski definition) is 4. The molecule has 3 atom stereocenters. The van der Waals surface area contributed by atoms with Crippen LogP contribution in [0.3, 0.4) is 0 Å². The normalized spacial score (nSPS) is 16.7. The molecule has 2 fully saturated rings. The maximum absolute atomic E-state index is 14.0. The van der Waals surface area contributed by atoms with Gasteiger partial charge >= 0.3 is 0 Å². The highest BCUT2D eigenvalue weighted by atomic mass is 35.5. The first-order chi connectivity index (χ1) is 30.2. The maximum atomic E-state index is 14.0. The number of pyridine rings is 1. The molecule has 1 unspecified atom stereocenters. The van der Waals surface area contributed by atoms with Crippen LogP contribution in [0.25, 0.3) is 10.4 Å². The van der Waals surface area contributed by atoms with E-state index in [-0.39, 0.29) is 59.4 Å². The quantitative estimate of drug-likeness (QED) is 0.0597. The van der Waals surface area contributed by atoms with Crippen LogP contribution in [0.5, 0.6) is 11.5 Å². The van der Waals surface area contributed by atoms with E-state index in [4.69, 9.17) is 32.7 Å². The number of anilines is 1. The number of aliphatic hydroxyl groups is 1. The van der Waals surface area contributed by atoms with Gasteiger partial charge in [0.15, 0.2) is 11.5 Å². The van der Waals surface area contributed by atoms with Crippen LogP contribution >= 0.6 is 34.5 Å². The highest BCUT2D eigenvalue weighted by Gasteiger charge is 2.44. The Balaban J connectivity index is 0.914. The van der Waals surface area contributed by atoms with Gasteiger partial charge in [-0.15, -0.1) is 11.3 Å². The minimum atomic E-state index is -0.874. The van der Waals surface area contributed by atoms with Crippen molar-refractivity contribution in [2.24, 2.45) is 11.3 Å². The Kier molecular flexibility index (Phi) is 16.8. The maximum Gasteiger partial charge on any atom is 0.255 e. The highest BCUT2D eigenvalue weighted by Crippen LogP contribution is 2.35. The summed E-state index contributed by atoms with van der Waals surface area (Å²) in [5.74, 6) is 0.286. The van der Waals surface area contributed by atoms with Gasteiger partial charge in [-0.05, 0) is 73.3 Å². The predicted molar refractivity (Wildman–Crippen MR) is 246 cm³/mol. The fourth-order valence-corrected chi connectivity index (χ4v) is 8.65. The molecule has 2 aliphatic rings. The molecule has 3 heterocycles. The Labute approximate surface area is 383 Å². The number of benzene rings is 2.